The smallest absolute Gasteiger partial charge is 0.223 e. The molecular formula is C18H25N3O. The Balaban J connectivity index is 1.89. The summed E-state index contributed by atoms with van der Waals surface area (Å²) in [5.74, 6) is 1.56. The Hall–Kier alpha value is -1.84. The molecule has 2 heterocycles. The maximum absolute atomic E-state index is 11.9. The van der Waals surface area contributed by atoms with Crippen molar-refractivity contribution >= 4 is 16.9 Å². The lowest BCUT2D eigenvalue weighted by Gasteiger charge is -2.13. The Kier molecular flexibility index (Phi) is 4.46. The van der Waals surface area contributed by atoms with E-state index in [0.29, 0.717) is 6.42 Å². The summed E-state index contributed by atoms with van der Waals surface area (Å²) in [4.78, 5) is 18.5. The van der Waals surface area contributed by atoms with Crippen molar-refractivity contribution in [2.45, 2.75) is 51.5 Å². The number of hydrogen-bond donors (Lipinski definition) is 0. The van der Waals surface area contributed by atoms with Crippen LogP contribution < -0.4 is 0 Å². The summed E-state index contributed by atoms with van der Waals surface area (Å²) in [5.41, 5.74) is 2.26. The van der Waals surface area contributed by atoms with Gasteiger partial charge in [0.2, 0.25) is 5.91 Å². The molecule has 0 spiro atoms. The molecule has 1 aliphatic heterocycles. The van der Waals surface area contributed by atoms with Gasteiger partial charge in [0.05, 0.1) is 11.0 Å². The number of fused-ring (bicyclic) bond motifs is 1. The second-order valence-electron chi connectivity index (χ2n) is 6.35. The van der Waals surface area contributed by atoms with E-state index in [1.807, 2.05) is 18.0 Å². The van der Waals surface area contributed by atoms with E-state index in [1.54, 1.807) is 0 Å². The van der Waals surface area contributed by atoms with Gasteiger partial charge in [0.15, 0.2) is 0 Å². The summed E-state index contributed by atoms with van der Waals surface area (Å²) in [6, 6.07) is 8.32. The highest BCUT2D eigenvalue weighted by Crippen LogP contribution is 2.30. The van der Waals surface area contributed by atoms with Crippen molar-refractivity contribution in [3.05, 3.63) is 30.1 Å². The number of rotatable bonds is 6. The van der Waals surface area contributed by atoms with Gasteiger partial charge in [-0.05, 0) is 18.6 Å². The number of aromatic nitrogens is 2. The normalized spacial score (nSPS) is 18.5. The lowest BCUT2D eigenvalue weighted by molar-refractivity contribution is -0.126. The van der Waals surface area contributed by atoms with Crippen LogP contribution in [0, 0.1) is 0 Å². The molecule has 0 N–H and O–H groups in total. The molecular weight excluding hydrogens is 274 g/mol. The monoisotopic (exact) mass is 299 g/mol. The minimum atomic E-state index is 0.231. The molecule has 118 valence electrons. The number of unbranched alkanes of at least 4 members (excludes halogenated alkanes) is 3. The molecule has 0 aliphatic carbocycles. The minimum absolute atomic E-state index is 0.231. The molecule has 1 atom stereocenters. The summed E-state index contributed by atoms with van der Waals surface area (Å²) in [6.07, 6.45) is 5.56. The van der Waals surface area contributed by atoms with Crippen molar-refractivity contribution in [2.24, 2.45) is 0 Å². The first-order valence-corrected chi connectivity index (χ1v) is 8.40. The Morgan fingerprint density at radius 2 is 2.05 bits per heavy atom. The van der Waals surface area contributed by atoms with Crippen molar-refractivity contribution in [2.75, 3.05) is 13.6 Å². The number of aryl methyl sites for hydroxylation is 1. The molecule has 2 aromatic rings. The van der Waals surface area contributed by atoms with Crippen LogP contribution in [0.15, 0.2) is 24.3 Å². The number of imidazole rings is 1. The van der Waals surface area contributed by atoms with E-state index in [4.69, 9.17) is 4.98 Å². The van der Waals surface area contributed by atoms with Crippen LogP contribution in [-0.2, 0) is 11.3 Å². The van der Waals surface area contributed by atoms with Gasteiger partial charge in [-0.2, -0.15) is 0 Å². The maximum atomic E-state index is 11.9. The van der Waals surface area contributed by atoms with E-state index in [1.165, 1.54) is 31.2 Å². The van der Waals surface area contributed by atoms with Crippen LogP contribution in [-0.4, -0.2) is 34.0 Å². The molecule has 0 radical (unpaired) electrons. The number of likely N-dealkylation sites (N-methyl/N-ethyl adjacent to an activating group) is 1. The van der Waals surface area contributed by atoms with Crippen LogP contribution in [0.4, 0.5) is 0 Å². The van der Waals surface area contributed by atoms with Gasteiger partial charge >= 0.3 is 0 Å². The third-order valence-electron chi connectivity index (χ3n) is 4.63. The minimum Gasteiger partial charge on any atom is -0.345 e. The van der Waals surface area contributed by atoms with Gasteiger partial charge in [0.1, 0.15) is 5.82 Å². The molecule has 0 saturated carbocycles. The SMILES string of the molecule is CCCCCCn1c(C2CC(=O)N(C)C2)nc2ccccc21. The van der Waals surface area contributed by atoms with Gasteiger partial charge in [0, 0.05) is 32.5 Å². The average molecular weight is 299 g/mol. The average Bonchev–Trinajstić information content (AvgIpc) is 3.05. The summed E-state index contributed by atoms with van der Waals surface area (Å²) < 4.78 is 2.35. The summed E-state index contributed by atoms with van der Waals surface area (Å²) in [5, 5.41) is 0. The molecule has 1 aromatic heterocycles. The quantitative estimate of drug-likeness (QED) is 0.765. The first-order valence-electron chi connectivity index (χ1n) is 8.40. The highest BCUT2D eigenvalue weighted by Gasteiger charge is 2.31. The van der Waals surface area contributed by atoms with Gasteiger partial charge in [-0.3, -0.25) is 4.79 Å². The van der Waals surface area contributed by atoms with E-state index >= 15 is 0 Å². The standard InChI is InChI=1S/C18H25N3O/c1-3-4-5-8-11-21-16-10-7-6-9-15(16)19-18(21)14-12-17(22)20(2)13-14/h6-7,9-10,14H,3-5,8,11-13H2,1-2H3. The Morgan fingerprint density at radius 1 is 1.23 bits per heavy atom. The summed E-state index contributed by atoms with van der Waals surface area (Å²) >= 11 is 0. The lowest BCUT2D eigenvalue weighted by atomic mass is 10.1. The number of benzene rings is 1. The third kappa shape index (κ3) is 2.87. The zero-order valence-corrected chi connectivity index (χ0v) is 13.6. The van der Waals surface area contributed by atoms with Gasteiger partial charge in [-0.15, -0.1) is 0 Å². The van der Waals surface area contributed by atoms with Gasteiger partial charge in [-0.1, -0.05) is 38.3 Å². The van der Waals surface area contributed by atoms with Gasteiger partial charge < -0.3 is 9.47 Å². The summed E-state index contributed by atoms with van der Waals surface area (Å²) in [6.45, 7) is 4.03. The largest absolute Gasteiger partial charge is 0.345 e. The second kappa shape index (κ2) is 6.51. The van der Waals surface area contributed by atoms with Crippen LogP contribution in [0.25, 0.3) is 11.0 Å². The zero-order chi connectivity index (χ0) is 15.5. The molecule has 1 amide bonds. The fourth-order valence-electron chi connectivity index (χ4n) is 3.37. The van der Waals surface area contributed by atoms with Gasteiger partial charge in [-0.25, -0.2) is 4.98 Å². The molecule has 4 heteroatoms. The Morgan fingerprint density at radius 3 is 2.77 bits per heavy atom. The van der Waals surface area contributed by atoms with Crippen LogP contribution in [0.1, 0.15) is 50.8 Å². The molecule has 1 aliphatic rings. The molecule has 3 rings (SSSR count). The predicted octanol–water partition coefficient (Wildman–Crippen LogP) is 3.56. The van der Waals surface area contributed by atoms with Crippen molar-refractivity contribution in [1.29, 1.82) is 0 Å². The number of hydrogen-bond acceptors (Lipinski definition) is 2. The number of nitrogens with zero attached hydrogens (tertiary/aromatic N) is 3. The number of carbonyl (C=O) groups excluding carboxylic acids is 1. The highest BCUT2D eigenvalue weighted by atomic mass is 16.2. The predicted molar refractivity (Wildman–Crippen MR) is 88.9 cm³/mol. The lowest BCUT2D eigenvalue weighted by Crippen LogP contribution is -2.19. The third-order valence-corrected chi connectivity index (χ3v) is 4.63. The zero-order valence-electron chi connectivity index (χ0n) is 13.6. The number of para-hydroxylation sites is 2. The molecule has 1 aromatic carbocycles. The molecule has 1 fully saturated rings. The topological polar surface area (TPSA) is 38.1 Å². The molecule has 4 nitrogen and oxygen atoms in total. The van der Waals surface area contributed by atoms with Crippen LogP contribution in [0.5, 0.6) is 0 Å². The van der Waals surface area contributed by atoms with Crippen LogP contribution in [0.2, 0.25) is 0 Å². The van der Waals surface area contributed by atoms with Crippen LogP contribution in [0.3, 0.4) is 0 Å². The van der Waals surface area contributed by atoms with E-state index in [0.717, 1.165) is 24.4 Å². The first kappa shape index (κ1) is 15.1. The molecule has 1 saturated heterocycles. The van der Waals surface area contributed by atoms with Crippen LogP contribution >= 0.6 is 0 Å². The summed E-state index contributed by atoms with van der Waals surface area (Å²) in [7, 11) is 1.89. The van der Waals surface area contributed by atoms with Gasteiger partial charge in [0.25, 0.3) is 0 Å². The second-order valence-corrected chi connectivity index (χ2v) is 6.35. The fourth-order valence-corrected chi connectivity index (χ4v) is 3.37. The number of carbonyl (C=O) groups is 1. The van der Waals surface area contributed by atoms with E-state index < -0.39 is 0 Å². The van der Waals surface area contributed by atoms with Crippen molar-refractivity contribution in [3.8, 4) is 0 Å². The molecule has 0 bridgehead atoms. The van der Waals surface area contributed by atoms with Crippen molar-refractivity contribution < 1.29 is 4.79 Å². The van der Waals surface area contributed by atoms with E-state index in [9.17, 15) is 4.79 Å². The number of amides is 1. The van der Waals surface area contributed by atoms with Crippen molar-refractivity contribution in [1.82, 2.24) is 14.5 Å². The highest BCUT2D eigenvalue weighted by molar-refractivity contribution is 5.80. The fraction of sp³-hybridized carbons (Fsp3) is 0.556. The van der Waals surface area contributed by atoms with Crippen molar-refractivity contribution in [3.63, 3.8) is 0 Å². The number of likely N-dealkylation sites (tertiary alicyclic amines) is 1. The van der Waals surface area contributed by atoms with E-state index in [-0.39, 0.29) is 11.8 Å². The molecule has 22 heavy (non-hydrogen) atoms. The first-order chi connectivity index (χ1) is 10.7. The Labute approximate surface area is 132 Å². The van der Waals surface area contributed by atoms with E-state index in [2.05, 4.69) is 29.7 Å². The maximum Gasteiger partial charge on any atom is 0.223 e. The Bertz CT molecular complexity index is 661. The molecule has 1 unspecified atom stereocenters.